The van der Waals surface area contributed by atoms with Gasteiger partial charge in [0, 0.05) is 22.9 Å². The summed E-state index contributed by atoms with van der Waals surface area (Å²) in [4.78, 5) is 10.4. The number of halogens is 1. The molecule has 0 radical (unpaired) electrons. The summed E-state index contributed by atoms with van der Waals surface area (Å²) in [6.45, 7) is 1.97. The Labute approximate surface area is 118 Å². The molecule has 0 aliphatic rings. The van der Waals surface area contributed by atoms with Crippen LogP contribution in [0.4, 0.5) is 0 Å². The zero-order valence-corrected chi connectivity index (χ0v) is 12.0. The summed E-state index contributed by atoms with van der Waals surface area (Å²) >= 11 is 3.45. The Kier molecular flexibility index (Phi) is 4.31. The lowest BCUT2D eigenvalue weighted by molar-refractivity contribution is -0.137. The van der Waals surface area contributed by atoms with Gasteiger partial charge in [-0.25, -0.2) is 0 Å². The zero-order valence-electron chi connectivity index (χ0n) is 10.4. The lowest BCUT2D eigenvalue weighted by Gasteiger charge is -2.02. The van der Waals surface area contributed by atoms with E-state index in [4.69, 9.17) is 9.52 Å². The molecular formula is C13H13BrN2O3. The number of hydrogen-bond donors (Lipinski definition) is 1. The molecule has 2 aromatic rings. The van der Waals surface area contributed by atoms with Crippen LogP contribution < -0.4 is 0 Å². The summed E-state index contributed by atoms with van der Waals surface area (Å²) in [6, 6.07) is 5.76. The molecular weight excluding hydrogens is 312 g/mol. The van der Waals surface area contributed by atoms with Crippen LogP contribution in [0.3, 0.4) is 0 Å². The Morgan fingerprint density at radius 3 is 2.95 bits per heavy atom. The van der Waals surface area contributed by atoms with E-state index in [1.165, 1.54) is 0 Å². The fourth-order valence-electron chi connectivity index (χ4n) is 1.69. The normalized spacial score (nSPS) is 10.6. The van der Waals surface area contributed by atoms with Crippen molar-refractivity contribution >= 4 is 21.9 Å². The van der Waals surface area contributed by atoms with Crippen molar-refractivity contribution in [2.75, 3.05) is 0 Å². The molecule has 0 saturated heterocycles. The van der Waals surface area contributed by atoms with Gasteiger partial charge in [-0.05, 0) is 31.0 Å². The average Bonchev–Trinajstić information content (AvgIpc) is 2.81. The van der Waals surface area contributed by atoms with Crippen molar-refractivity contribution in [1.29, 1.82) is 0 Å². The summed E-state index contributed by atoms with van der Waals surface area (Å²) in [5.41, 5.74) is 1.91. The van der Waals surface area contributed by atoms with E-state index in [9.17, 15) is 4.79 Å². The van der Waals surface area contributed by atoms with E-state index in [1.807, 2.05) is 25.1 Å². The summed E-state index contributed by atoms with van der Waals surface area (Å²) in [7, 11) is 0. The van der Waals surface area contributed by atoms with Gasteiger partial charge in [0.2, 0.25) is 11.8 Å². The first kappa shape index (κ1) is 13.7. The molecule has 0 saturated carbocycles. The molecule has 1 aromatic carbocycles. The fourth-order valence-corrected chi connectivity index (χ4v) is 2.06. The van der Waals surface area contributed by atoms with Crippen LogP contribution in [-0.2, 0) is 11.2 Å². The van der Waals surface area contributed by atoms with Crippen molar-refractivity contribution in [3.05, 3.63) is 34.1 Å². The van der Waals surface area contributed by atoms with E-state index >= 15 is 0 Å². The average molecular weight is 325 g/mol. The Morgan fingerprint density at radius 1 is 1.42 bits per heavy atom. The number of rotatable bonds is 5. The number of hydrogen-bond acceptors (Lipinski definition) is 4. The van der Waals surface area contributed by atoms with E-state index < -0.39 is 5.97 Å². The third kappa shape index (κ3) is 3.41. The van der Waals surface area contributed by atoms with Crippen molar-refractivity contribution in [3.8, 4) is 11.5 Å². The number of benzene rings is 1. The highest BCUT2D eigenvalue weighted by Crippen LogP contribution is 2.27. The molecule has 19 heavy (non-hydrogen) atoms. The summed E-state index contributed by atoms with van der Waals surface area (Å²) in [6.07, 6.45) is 1.08. The molecule has 1 heterocycles. The number of carboxylic acids is 1. The molecule has 0 aliphatic carbocycles. The highest BCUT2D eigenvalue weighted by atomic mass is 79.9. The first-order chi connectivity index (χ1) is 9.08. The van der Waals surface area contributed by atoms with Gasteiger partial charge in [0.15, 0.2) is 0 Å². The Morgan fingerprint density at radius 2 is 2.21 bits per heavy atom. The first-order valence-electron chi connectivity index (χ1n) is 5.87. The highest BCUT2D eigenvalue weighted by Gasteiger charge is 2.12. The molecule has 0 fully saturated rings. The third-order valence-electron chi connectivity index (χ3n) is 2.75. The highest BCUT2D eigenvalue weighted by molar-refractivity contribution is 9.10. The fraction of sp³-hybridized carbons (Fsp3) is 0.308. The quantitative estimate of drug-likeness (QED) is 0.913. The standard InChI is InChI=1S/C13H13BrN2O3/c1-8-9(4-2-5-10(8)14)13-16-15-11(19-13)6-3-7-12(17)18/h2,4-5H,3,6-7H2,1H3,(H,17,18). The SMILES string of the molecule is Cc1c(Br)cccc1-c1nnc(CCCC(=O)O)o1. The lowest BCUT2D eigenvalue weighted by atomic mass is 10.1. The molecule has 0 spiro atoms. The predicted octanol–water partition coefficient (Wildman–Crippen LogP) is 3.21. The number of carbonyl (C=O) groups is 1. The van der Waals surface area contributed by atoms with Gasteiger partial charge < -0.3 is 9.52 Å². The molecule has 0 unspecified atom stereocenters. The van der Waals surface area contributed by atoms with Crippen LogP contribution in [0, 0.1) is 6.92 Å². The minimum Gasteiger partial charge on any atom is -0.481 e. The van der Waals surface area contributed by atoms with Crippen molar-refractivity contribution in [1.82, 2.24) is 10.2 Å². The lowest BCUT2D eigenvalue weighted by Crippen LogP contribution is -1.95. The molecule has 0 aliphatic heterocycles. The van der Waals surface area contributed by atoms with Crippen molar-refractivity contribution in [2.45, 2.75) is 26.2 Å². The first-order valence-corrected chi connectivity index (χ1v) is 6.67. The van der Waals surface area contributed by atoms with E-state index in [2.05, 4.69) is 26.1 Å². The maximum atomic E-state index is 10.4. The summed E-state index contributed by atoms with van der Waals surface area (Å²) in [5.74, 6) is 0.113. The summed E-state index contributed by atoms with van der Waals surface area (Å²) in [5, 5.41) is 16.5. The number of aliphatic carboxylic acids is 1. The van der Waals surface area contributed by atoms with Crippen LogP contribution >= 0.6 is 15.9 Å². The molecule has 0 amide bonds. The Hall–Kier alpha value is -1.69. The zero-order chi connectivity index (χ0) is 13.8. The molecule has 2 rings (SSSR count). The number of aryl methyl sites for hydroxylation is 1. The van der Waals surface area contributed by atoms with Crippen LogP contribution in [0.15, 0.2) is 27.1 Å². The Balaban J connectivity index is 2.12. The smallest absolute Gasteiger partial charge is 0.303 e. The third-order valence-corrected chi connectivity index (χ3v) is 3.61. The monoisotopic (exact) mass is 324 g/mol. The van der Waals surface area contributed by atoms with Crippen molar-refractivity contribution in [3.63, 3.8) is 0 Å². The predicted molar refractivity (Wildman–Crippen MR) is 72.7 cm³/mol. The maximum absolute atomic E-state index is 10.4. The van der Waals surface area contributed by atoms with Gasteiger partial charge in [-0.3, -0.25) is 4.79 Å². The minimum absolute atomic E-state index is 0.105. The van der Waals surface area contributed by atoms with Crippen LogP contribution in [-0.4, -0.2) is 21.3 Å². The van der Waals surface area contributed by atoms with Gasteiger partial charge in [0.05, 0.1) is 0 Å². The molecule has 0 bridgehead atoms. The van der Waals surface area contributed by atoms with Crippen LogP contribution in [0.25, 0.3) is 11.5 Å². The second kappa shape index (κ2) is 5.97. The van der Waals surface area contributed by atoms with E-state index in [1.54, 1.807) is 0 Å². The molecule has 1 aromatic heterocycles. The van der Waals surface area contributed by atoms with E-state index in [0.717, 1.165) is 15.6 Å². The molecule has 0 atom stereocenters. The van der Waals surface area contributed by atoms with Crippen molar-refractivity contribution in [2.24, 2.45) is 0 Å². The van der Waals surface area contributed by atoms with Gasteiger partial charge >= 0.3 is 5.97 Å². The molecule has 1 N–H and O–H groups in total. The maximum Gasteiger partial charge on any atom is 0.303 e. The second-order valence-electron chi connectivity index (χ2n) is 4.16. The summed E-state index contributed by atoms with van der Waals surface area (Å²) < 4.78 is 6.53. The number of nitrogens with zero attached hydrogens (tertiary/aromatic N) is 2. The van der Waals surface area contributed by atoms with Gasteiger partial charge in [0.1, 0.15) is 0 Å². The van der Waals surface area contributed by atoms with Gasteiger partial charge in [-0.2, -0.15) is 0 Å². The number of carboxylic acid groups (broad SMARTS) is 1. The van der Waals surface area contributed by atoms with Crippen LogP contribution in [0.2, 0.25) is 0 Å². The molecule has 5 nitrogen and oxygen atoms in total. The van der Waals surface area contributed by atoms with Crippen LogP contribution in [0.5, 0.6) is 0 Å². The number of aromatic nitrogens is 2. The second-order valence-corrected chi connectivity index (χ2v) is 5.01. The van der Waals surface area contributed by atoms with Gasteiger partial charge in [0.25, 0.3) is 0 Å². The largest absolute Gasteiger partial charge is 0.481 e. The molecule has 100 valence electrons. The van der Waals surface area contributed by atoms with Crippen LogP contribution in [0.1, 0.15) is 24.3 Å². The van der Waals surface area contributed by atoms with Crippen molar-refractivity contribution < 1.29 is 14.3 Å². The minimum atomic E-state index is -0.817. The molecule has 6 heteroatoms. The van der Waals surface area contributed by atoms with E-state index in [-0.39, 0.29) is 6.42 Å². The van der Waals surface area contributed by atoms with Gasteiger partial charge in [-0.15, -0.1) is 10.2 Å². The Bertz CT molecular complexity index is 595. The van der Waals surface area contributed by atoms with E-state index in [0.29, 0.717) is 24.6 Å². The topological polar surface area (TPSA) is 76.2 Å². The van der Waals surface area contributed by atoms with Gasteiger partial charge in [-0.1, -0.05) is 22.0 Å².